The van der Waals surface area contributed by atoms with Gasteiger partial charge in [0.15, 0.2) is 6.61 Å². The molecule has 3 rings (SSSR count). The molecule has 0 atom stereocenters. The molecule has 0 radical (unpaired) electrons. The fraction of sp³-hybridized carbons (Fsp3) is 0.333. The van der Waals surface area contributed by atoms with Crippen molar-refractivity contribution in [1.29, 1.82) is 0 Å². The average Bonchev–Trinajstić information content (AvgIpc) is 2.72. The number of rotatable bonds is 6. The van der Waals surface area contributed by atoms with E-state index in [1.807, 2.05) is 0 Å². The van der Waals surface area contributed by atoms with Crippen molar-refractivity contribution in [1.82, 2.24) is 5.32 Å². The zero-order valence-corrected chi connectivity index (χ0v) is 15.5. The van der Waals surface area contributed by atoms with E-state index in [-0.39, 0.29) is 29.9 Å². The van der Waals surface area contributed by atoms with Gasteiger partial charge in [0, 0.05) is 6.04 Å². The zero-order chi connectivity index (χ0) is 19.8. The Hall–Kier alpha value is -3.22. The van der Waals surface area contributed by atoms with Crippen molar-refractivity contribution in [2.24, 2.45) is 10.2 Å². The van der Waals surface area contributed by atoms with E-state index in [2.05, 4.69) is 15.5 Å². The highest BCUT2D eigenvalue weighted by molar-refractivity contribution is 5.96. The second-order valence-electron chi connectivity index (χ2n) is 6.71. The van der Waals surface area contributed by atoms with E-state index >= 15 is 0 Å². The summed E-state index contributed by atoms with van der Waals surface area (Å²) in [7, 11) is 0. The summed E-state index contributed by atoms with van der Waals surface area (Å²) in [5.41, 5.74) is 1.11. The lowest BCUT2D eigenvalue weighted by atomic mass is 9.95. The molecule has 1 aliphatic rings. The third-order valence-corrected chi connectivity index (χ3v) is 4.55. The minimum Gasteiger partial charge on any atom is -0.508 e. The number of amides is 1. The normalized spacial score (nSPS) is 14.7. The van der Waals surface area contributed by atoms with Gasteiger partial charge < -0.3 is 15.2 Å². The molecule has 0 aliphatic heterocycles. The Balaban J connectivity index is 1.59. The first-order valence-corrected chi connectivity index (χ1v) is 9.38. The number of carbonyl (C=O) groups excluding carboxylic acids is 2. The Kier molecular flexibility index (Phi) is 6.73. The van der Waals surface area contributed by atoms with Gasteiger partial charge in [-0.1, -0.05) is 31.4 Å². The molecule has 28 heavy (non-hydrogen) atoms. The molecule has 2 aromatic rings. The van der Waals surface area contributed by atoms with Crippen molar-refractivity contribution < 1.29 is 19.4 Å². The van der Waals surface area contributed by atoms with Crippen molar-refractivity contribution in [2.75, 3.05) is 6.61 Å². The molecule has 0 saturated heterocycles. The Morgan fingerprint density at radius 1 is 1.00 bits per heavy atom. The van der Waals surface area contributed by atoms with Gasteiger partial charge in [0.05, 0.1) is 11.3 Å². The molecular formula is C21H23N3O4. The predicted octanol–water partition coefficient (Wildman–Crippen LogP) is 4.41. The second kappa shape index (κ2) is 9.64. The number of phenolic OH excluding ortho intramolecular Hbond substituents is 1. The molecule has 1 saturated carbocycles. The molecule has 0 bridgehead atoms. The van der Waals surface area contributed by atoms with E-state index < -0.39 is 5.97 Å². The van der Waals surface area contributed by atoms with Crippen LogP contribution in [0.4, 0.5) is 11.4 Å². The van der Waals surface area contributed by atoms with Gasteiger partial charge in [0.2, 0.25) is 0 Å². The summed E-state index contributed by atoms with van der Waals surface area (Å²) in [5, 5.41) is 20.4. The number of phenols is 1. The van der Waals surface area contributed by atoms with Crippen LogP contribution in [0, 0.1) is 0 Å². The number of benzene rings is 2. The van der Waals surface area contributed by atoms with E-state index in [4.69, 9.17) is 4.74 Å². The van der Waals surface area contributed by atoms with Gasteiger partial charge in [-0.15, -0.1) is 5.11 Å². The van der Waals surface area contributed by atoms with Gasteiger partial charge in [-0.05, 0) is 49.2 Å². The van der Waals surface area contributed by atoms with E-state index in [1.54, 1.807) is 36.4 Å². The van der Waals surface area contributed by atoms with Crippen LogP contribution in [0.5, 0.6) is 5.75 Å². The van der Waals surface area contributed by atoms with Gasteiger partial charge >= 0.3 is 5.97 Å². The van der Waals surface area contributed by atoms with Crippen molar-refractivity contribution in [2.45, 2.75) is 38.1 Å². The molecule has 2 aromatic carbocycles. The molecular weight excluding hydrogens is 358 g/mol. The number of ether oxygens (including phenoxy) is 1. The molecule has 1 fully saturated rings. The van der Waals surface area contributed by atoms with Gasteiger partial charge in [-0.25, -0.2) is 4.79 Å². The predicted molar refractivity (Wildman–Crippen MR) is 104 cm³/mol. The lowest BCUT2D eigenvalue weighted by molar-refractivity contribution is -0.125. The average molecular weight is 381 g/mol. The van der Waals surface area contributed by atoms with Gasteiger partial charge in [0.25, 0.3) is 5.91 Å². The summed E-state index contributed by atoms with van der Waals surface area (Å²) in [5.74, 6) is -0.781. The van der Waals surface area contributed by atoms with Crippen molar-refractivity contribution in [3.63, 3.8) is 0 Å². The molecule has 0 spiro atoms. The highest BCUT2D eigenvalue weighted by Crippen LogP contribution is 2.24. The highest BCUT2D eigenvalue weighted by Gasteiger charge is 2.18. The summed E-state index contributed by atoms with van der Waals surface area (Å²) in [6.45, 7) is -0.321. The summed E-state index contributed by atoms with van der Waals surface area (Å²) in [6.07, 6.45) is 5.38. The van der Waals surface area contributed by atoms with E-state index in [0.717, 1.165) is 25.7 Å². The van der Waals surface area contributed by atoms with Crippen molar-refractivity contribution in [3.05, 3.63) is 54.1 Å². The lowest BCUT2D eigenvalue weighted by Crippen LogP contribution is -2.38. The summed E-state index contributed by atoms with van der Waals surface area (Å²) < 4.78 is 5.15. The molecule has 0 unspecified atom stereocenters. The monoisotopic (exact) mass is 381 g/mol. The second-order valence-corrected chi connectivity index (χ2v) is 6.71. The molecule has 1 aliphatic carbocycles. The third kappa shape index (κ3) is 5.64. The fourth-order valence-electron chi connectivity index (χ4n) is 3.09. The largest absolute Gasteiger partial charge is 0.508 e. The first kappa shape index (κ1) is 19.5. The molecule has 7 heteroatoms. The van der Waals surface area contributed by atoms with Crippen LogP contribution in [0.2, 0.25) is 0 Å². The number of hydrogen-bond acceptors (Lipinski definition) is 6. The quantitative estimate of drug-likeness (QED) is 0.571. The Morgan fingerprint density at radius 3 is 2.46 bits per heavy atom. The summed E-state index contributed by atoms with van der Waals surface area (Å²) in [6, 6.07) is 13.0. The van der Waals surface area contributed by atoms with Crippen molar-refractivity contribution >= 4 is 23.3 Å². The first-order valence-electron chi connectivity index (χ1n) is 9.38. The first-order chi connectivity index (χ1) is 13.6. The molecule has 1 amide bonds. The Morgan fingerprint density at radius 2 is 1.71 bits per heavy atom. The standard InChI is InChI=1S/C21H23N3O4/c25-17-12-10-16(11-13-17)23-24-19-9-5-4-8-18(19)21(27)28-14-20(26)22-15-6-2-1-3-7-15/h4-5,8-13,15,25H,1-3,6-7,14H2,(H,22,26). The van der Waals surface area contributed by atoms with E-state index in [1.165, 1.54) is 18.6 Å². The number of azo groups is 1. The molecule has 2 N–H and O–H groups in total. The molecule has 0 heterocycles. The van der Waals surface area contributed by atoms with Gasteiger partial charge in [0.1, 0.15) is 11.4 Å². The lowest BCUT2D eigenvalue weighted by Gasteiger charge is -2.22. The zero-order valence-electron chi connectivity index (χ0n) is 15.5. The Bertz CT molecular complexity index is 843. The van der Waals surface area contributed by atoms with Crippen LogP contribution in [0.3, 0.4) is 0 Å². The van der Waals surface area contributed by atoms with Gasteiger partial charge in [-0.3, -0.25) is 4.79 Å². The maximum absolute atomic E-state index is 12.4. The minimum atomic E-state index is -0.626. The number of esters is 1. The third-order valence-electron chi connectivity index (χ3n) is 4.55. The summed E-state index contributed by atoms with van der Waals surface area (Å²) in [4.78, 5) is 24.4. The van der Waals surface area contributed by atoms with Gasteiger partial charge in [-0.2, -0.15) is 5.11 Å². The fourth-order valence-corrected chi connectivity index (χ4v) is 3.09. The van der Waals surface area contributed by atoms with E-state index in [0.29, 0.717) is 11.4 Å². The van der Waals surface area contributed by atoms with Crippen LogP contribution < -0.4 is 5.32 Å². The highest BCUT2D eigenvalue weighted by atomic mass is 16.5. The van der Waals surface area contributed by atoms with Crippen LogP contribution in [0.1, 0.15) is 42.5 Å². The number of nitrogens with one attached hydrogen (secondary N) is 1. The molecule has 0 aromatic heterocycles. The summed E-state index contributed by atoms with van der Waals surface area (Å²) >= 11 is 0. The van der Waals surface area contributed by atoms with Crippen molar-refractivity contribution in [3.8, 4) is 5.75 Å². The number of hydrogen-bond donors (Lipinski definition) is 2. The Labute approximate surface area is 163 Å². The topological polar surface area (TPSA) is 100 Å². The number of nitrogens with zero attached hydrogens (tertiary/aromatic N) is 2. The van der Waals surface area contributed by atoms with Crippen LogP contribution in [0.15, 0.2) is 58.8 Å². The number of carbonyl (C=O) groups is 2. The van der Waals surface area contributed by atoms with Crippen LogP contribution in [-0.2, 0) is 9.53 Å². The van der Waals surface area contributed by atoms with Crippen LogP contribution in [0.25, 0.3) is 0 Å². The van der Waals surface area contributed by atoms with Crippen LogP contribution >= 0.6 is 0 Å². The number of aromatic hydroxyl groups is 1. The SMILES string of the molecule is O=C(COC(=O)c1ccccc1N=Nc1ccc(O)cc1)NC1CCCCC1. The molecule has 146 valence electrons. The maximum atomic E-state index is 12.4. The smallest absolute Gasteiger partial charge is 0.340 e. The minimum absolute atomic E-state index is 0.134. The van der Waals surface area contributed by atoms with Crippen LogP contribution in [-0.4, -0.2) is 29.6 Å². The molecule has 7 nitrogen and oxygen atoms in total. The maximum Gasteiger partial charge on any atom is 0.340 e. The van der Waals surface area contributed by atoms with E-state index in [9.17, 15) is 14.7 Å².